The van der Waals surface area contributed by atoms with E-state index < -0.39 is 0 Å². The Kier molecular flexibility index (Phi) is 3.17. The molecule has 0 saturated heterocycles. The van der Waals surface area contributed by atoms with Crippen LogP contribution in [0.2, 0.25) is 0 Å². The number of carbonyl (C=O) groups excluding carboxylic acids is 1. The molecule has 1 heterocycles. The lowest BCUT2D eigenvalue weighted by molar-refractivity contribution is 0.0822. The molecule has 0 bridgehead atoms. The van der Waals surface area contributed by atoms with E-state index in [0.29, 0.717) is 17.1 Å². The first kappa shape index (κ1) is 11.7. The minimum Gasteiger partial charge on any atom is -0.492 e. The van der Waals surface area contributed by atoms with Gasteiger partial charge in [-0.3, -0.25) is 9.78 Å². The predicted molar refractivity (Wildman–Crippen MR) is 62.5 cm³/mol. The van der Waals surface area contributed by atoms with Gasteiger partial charge < -0.3 is 14.4 Å². The highest BCUT2D eigenvalue weighted by molar-refractivity contribution is 5.97. The zero-order chi connectivity index (χ0) is 12.4. The van der Waals surface area contributed by atoms with Crippen LogP contribution >= 0.6 is 0 Å². The maximum absolute atomic E-state index is 11.9. The highest BCUT2D eigenvalue weighted by atomic mass is 16.5. The van der Waals surface area contributed by atoms with E-state index in [9.17, 15) is 4.79 Å². The Morgan fingerprint density at radius 2 is 2.12 bits per heavy atom. The normalized spacial score (nSPS) is 14.3. The molecular formula is C12H16N2O3. The minimum absolute atomic E-state index is 0.143. The average molecular weight is 236 g/mol. The lowest BCUT2D eigenvalue weighted by Gasteiger charge is -2.15. The van der Waals surface area contributed by atoms with Crippen molar-refractivity contribution in [2.75, 3.05) is 21.2 Å². The number of hydrogen-bond donors (Lipinski definition) is 0. The molecule has 0 aliphatic heterocycles. The largest absolute Gasteiger partial charge is 0.492 e. The molecule has 1 aromatic rings. The van der Waals surface area contributed by atoms with Crippen molar-refractivity contribution >= 4 is 5.91 Å². The zero-order valence-electron chi connectivity index (χ0n) is 10.3. The molecule has 1 saturated carbocycles. The number of nitrogens with zero attached hydrogens (tertiary/aromatic N) is 2. The van der Waals surface area contributed by atoms with Gasteiger partial charge in [0.1, 0.15) is 5.56 Å². The molecule has 5 heteroatoms. The lowest BCUT2D eigenvalue weighted by Crippen LogP contribution is -2.22. The van der Waals surface area contributed by atoms with Gasteiger partial charge in [-0.2, -0.15) is 0 Å². The van der Waals surface area contributed by atoms with Crippen molar-refractivity contribution in [3.8, 4) is 11.5 Å². The quantitative estimate of drug-likeness (QED) is 0.791. The molecule has 0 atom stereocenters. The van der Waals surface area contributed by atoms with E-state index in [1.165, 1.54) is 18.2 Å². The number of hydrogen-bond acceptors (Lipinski definition) is 4. The summed E-state index contributed by atoms with van der Waals surface area (Å²) in [4.78, 5) is 17.4. The van der Waals surface area contributed by atoms with Gasteiger partial charge in [0.15, 0.2) is 11.5 Å². The van der Waals surface area contributed by atoms with Gasteiger partial charge in [-0.15, -0.1) is 0 Å². The first-order valence-corrected chi connectivity index (χ1v) is 5.53. The Morgan fingerprint density at radius 3 is 2.65 bits per heavy atom. The molecule has 1 aliphatic rings. The van der Waals surface area contributed by atoms with Gasteiger partial charge in [0.2, 0.25) is 0 Å². The van der Waals surface area contributed by atoms with Gasteiger partial charge >= 0.3 is 0 Å². The molecule has 17 heavy (non-hydrogen) atoms. The van der Waals surface area contributed by atoms with Crippen molar-refractivity contribution in [1.82, 2.24) is 9.88 Å². The number of ether oxygens (including phenoxy) is 2. The molecule has 0 aromatic carbocycles. The molecule has 92 valence electrons. The second kappa shape index (κ2) is 4.61. The first-order valence-electron chi connectivity index (χ1n) is 5.53. The molecule has 1 aromatic heterocycles. The van der Waals surface area contributed by atoms with Crippen LogP contribution in [0.5, 0.6) is 11.5 Å². The number of aromatic nitrogens is 1. The Morgan fingerprint density at radius 1 is 1.41 bits per heavy atom. The van der Waals surface area contributed by atoms with Crippen LogP contribution in [0.1, 0.15) is 23.2 Å². The average Bonchev–Trinajstić information content (AvgIpc) is 3.11. The SMILES string of the molecule is COc1c(OC2CC2)cncc1C(=O)N(C)C. The zero-order valence-corrected chi connectivity index (χ0v) is 10.3. The summed E-state index contributed by atoms with van der Waals surface area (Å²) in [6.07, 6.45) is 5.43. The van der Waals surface area contributed by atoms with Crippen LogP contribution in [0.4, 0.5) is 0 Å². The van der Waals surface area contributed by atoms with Crippen LogP contribution in [0.3, 0.4) is 0 Å². The van der Waals surface area contributed by atoms with Gasteiger partial charge in [-0.05, 0) is 12.8 Å². The van der Waals surface area contributed by atoms with Crippen molar-refractivity contribution in [2.45, 2.75) is 18.9 Å². The van der Waals surface area contributed by atoms with E-state index in [0.717, 1.165) is 12.8 Å². The van der Waals surface area contributed by atoms with E-state index in [2.05, 4.69) is 4.98 Å². The Bertz CT molecular complexity index is 428. The molecule has 0 unspecified atom stereocenters. The monoisotopic (exact) mass is 236 g/mol. The minimum atomic E-state index is -0.143. The predicted octanol–water partition coefficient (Wildman–Crippen LogP) is 1.33. The summed E-state index contributed by atoms with van der Waals surface area (Å²) < 4.78 is 10.9. The Balaban J connectivity index is 2.33. The van der Waals surface area contributed by atoms with Gasteiger partial charge in [-0.1, -0.05) is 0 Å². The molecular weight excluding hydrogens is 220 g/mol. The second-order valence-corrected chi connectivity index (χ2v) is 4.24. The van der Waals surface area contributed by atoms with Crippen LogP contribution in [0, 0.1) is 0 Å². The molecule has 5 nitrogen and oxygen atoms in total. The number of amides is 1. The third-order valence-electron chi connectivity index (χ3n) is 2.52. The number of rotatable bonds is 4. The summed E-state index contributed by atoms with van der Waals surface area (Å²) in [7, 11) is 4.91. The van der Waals surface area contributed by atoms with Gasteiger partial charge in [-0.25, -0.2) is 0 Å². The molecule has 0 spiro atoms. The third kappa shape index (κ3) is 2.49. The van der Waals surface area contributed by atoms with Gasteiger partial charge in [0.25, 0.3) is 5.91 Å². The molecule has 0 N–H and O–H groups in total. The smallest absolute Gasteiger partial charge is 0.258 e. The number of methoxy groups -OCH3 is 1. The Labute approximate surface area is 100 Å². The van der Waals surface area contributed by atoms with Crippen LogP contribution in [-0.2, 0) is 0 Å². The van der Waals surface area contributed by atoms with Crippen LogP contribution < -0.4 is 9.47 Å². The molecule has 1 amide bonds. The fourth-order valence-corrected chi connectivity index (χ4v) is 1.48. The van der Waals surface area contributed by atoms with Crippen LogP contribution in [-0.4, -0.2) is 43.1 Å². The fraction of sp³-hybridized carbons (Fsp3) is 0.500. The number of carbonyl (C=O) groups is 1. The summed E-state index contributed by atoms with van der Waals surface area (Å²) in [6, 6.07) is 0. The van der Waals surface area contributed by atoms with Crippen LogP contribution in [0.15, 0.2) is 12.4 Å². The van der Waals surface area contributed by atoms with E-state index in [4.69, 9.17) is 9.47 Å². The molecule has 1 aliphatic carbocycles. The fourth-order valence-electron chi connectivity index (χ4n) is 1.48. The molecule has 0 radical (unpaired) electrons. The van der Waals surface area contributed by atoms with E-state index >= 15 is 0 Å². The van der Waals surface area contributed by atoms with E-state index in [1.54, 1.807) is 20.3 Å². The van der Waals surface area contributed by atoms with E-state index in [1.807, 2.05) is 0 Å². The van der Waals surface area contributed by atoms with Crippen molar-refractivity contribution in [3.05, 3.63) is 18.0 Å². The lowest BCUT2D eigenvalue weighted by atomic mass is 10.2. The second-order valence-electron chi connectivity index (χ2n) is 4.24. The Hall–Kier alpha value is -1.78. The topological polar surface area (TPSA) is 51.7 Å². The summed E-state index contributed by atoms with van der Waals surface area (Å²) in [5.41, 5.74) is 0.427. The maximum atomic E-state index is 11.9. The summed E-state index contributed by atoms with van der Waals surface area (Å²) in [6.45, 7) is 0. The highest BCUT2D eigenvalue weighted by Crippen LogP contribution is 2.35. The summed E-state index contributed by atoms with van der Waals surface area (Å²) in [5.74, 6) is 0.865. The summed E-state index contributed by atoms with van der Waals surface area (Å²) >= 11 is 0. The standard InChI is InChI=1S/C12H16N2O3/c1-14(2)12(15)9-6-13-7-10(11(9)16-3)17-8-4-5-8/h6-8H,4-5H2,1-3H3. The van der Waals surface area contributed by atoms with Crippen molar-refractivity contribution < 1.29 is 14.3 Å². The number of pyridine rings is 1. The van der Waals surface area contributed by atoms with Crippen molar-refractivity contribution in [2.24, 2.45) is 0 Å². The van der Waals surface area contributed by atoms with E-state index in [-0.39, 0.29) is 12.0 Å². The van der Waals surface area contributed by atoms with Gasteiger partial charge in [0, 0.05) is 20.3 Å². The maximum Gasteiger partial charge on any atom is 0.258 e. The first-order chi connectivity index (χ1) is 8.13. The molecule has 1 fully saturated rings. The highest BCUT2D eigenvalue weighted by Gasteiger charge is 2.27. The van der Waals surface area contributed by atoms with Crippen LogP contribution in [0.25, 0.3) is 0 Å². The van der Waals surface area contributed by atoms with Gasteiger partial charge in [0.05, 0.1) is 19.4 Å². The molecule has 2 rings (SSSR count). The van der Waals surface area contributed by atoms with Crippen molar-refractivity contribution in [3.63, 3.8) is 0 Å². The van der Waals surface area contributed by atoms with Crippen molar-refractivity contribution in [1.29, 1.82) is 0 Å². The third-order valence-corrected chi connectivity index (χ3v) is 2.52. The summed E-state index contributed by atoms with van der Waals surface area (Å²) in [5, 5.41) is 0.